The summed E-state index contributed by atoms with van der Waals surface area (Å²) in [7, 11) is 0. The predicted octanol–water partition coefficient (Wildman–Crippen LogP) is 0.322. The van der Waals surface area contributed by atoms with Crippen LogP contribution in [0.3, 0.4) is 0 Å². The van der Waals surface area contributed by atoms with E-state index in [2.05, 4.69) is 5.32 Å². The first-order valence-electron chi connectivity index (χ1n) is 11.4. The van der Waals surface area contributed by atoms with E-state index in [9.17, 15) is 29.1 Å². The Morgan fingerprint density at radius 1 is 0.778 bits per heavy atom. The molecule has 0 saturated carbocycles. The molecule has 0 spiro atoms. The third-order valence-electron chi connectivity index (χ3n) is 4.58. The number of carbonyl (C=O) groups excluding carboxylic acids is 4. The highest BCUT2D eigenvalue weighted by atomic mass is 16.5. The lowest BCUT2D eigenvalue weighted by Crippen LogP contribution is -2.44. The van der Waals surface area contributed by atoms with Crippen LogP contribution in [0.1, 0.15) is 31.1 Å². The number of phenols is 1. The Bertz CT molecular complexity index is 901. The number of amides is 1. The highest BCUT2D eigenvalue weighted by molar-refractivity contribution is 5.96. The molecule has 1 rings (SSSR count). The van der Waals surface area contributed by atoms with Crippen molar-refractivity contribution in [1.82, 2.24) is 9.80 Å². The zero-order chi connectivity index (χ0) is 27.1. The van der Waals surface area contributed by atoms with Gasteiger partial charge in [-0.25, -0.2) is 4.79 Å². The molecule has 0 aromatic heterocycles. The fourth-order valence-electron chi connectivity index (χ4n) is 3.07. The van der Waals surface area contributed by atoms with Crippen molar-refractivity contribution in [3.05, 3.63) is 23.8 Å². The largest absolute Gasteiger partial charge is 0.507 e. The molecule has 1 aromatic rings. The van der Waals surface area contributed by atoms with E-state index in [1.165, 1.54) is 15.9 Å². The van der Waals surface area contributed by atoms with Gasteiger partial charge < -0.3 is 29.7 Å². The van der Waals surface area contributed by atoms with Gasteiger partial charge in [-0.2, -0.15) is 0 Å². The third kappa shape index (κ3) is 11.6. The van der Waals surface area contributed by atoms with Crippen molar-refractivity contribution in [2.45, 2.75) is 20.8 Å². The van der Waals surface area contributed by atoms with E-state index in [0.29, 0.717) is 0 Å². The van der Waals surface area contributed by atoms with Crippen LogP contribution in [0.5, 0.6) is 5.75 Å². The summed E-state index contributed by atoms with van der Waals surface area (Å²) < 4.78 is 14.8. The molecular formula is C23H33N3O10. The van der Waals surface area contributed by atoms with Crippen molar-refractivity contribution in [3.8, 4) is 5.75 Å². The van der Waals surface area contributed by atoms with Crippen molar-refractivity contribution in [1.29, 1.82) is 0 Å². The topological polar surface area (TPSA) is 172 Å². The minimum atomic E-state index is -1.36. The maximum absolute atomic E-state index is 12.6. The first-order valence-corrected chi connectivity index (χ1v) is 11.4. The van der Waals surface area contributed by atoms with Crippen LogP contribution in [0.4, 0.5) is 5.69 Å². The van der Waals surface area contributed by atoms with E-state index < -0.39 is 35.5 Å². The summed E-state index contributed by atoms with van der Waals surface area (Å²) in [5.74, 6) is -4.05. The number of anilines is 1. The van der Waals surface area contributed by atoms with Crippen LogP contribution >= 0.6 is 0 Å². The van der Waals surface area contributed by atoms with Crippen LogP contribution in [0.15, 0.2) is 18.2 Å². The van der Waals surface area contributed by atoms with Gasteiger partial charge in [0.1, 0.15) is 11.3 Å². The quantitative estimate of drug-likeness (QED) is 0.158. The molecule has 0 bridgehead atoms. The number of esters is 3. The van der Waals surface area contributed by atoms with Crippen molar-refractivity contribution in [2.75, 3.05) is 64.4 Å². The van der Waals surface area contributed by atoms with E-state index in [4.69, 9.17) is 19.3 Å². The zero-order valence-corrected chi connectivity index (χ0v) is 20.7. The fraction of sp³-hybridized carbons (Fsp3) is 0.522. The average molecular weight is 512 g/mol. The van der Waals surface area contributed by atoms with Crippen LogP contribution in [0.2, 0.25) is 0 Å². The Morgan fingerprint density at radius 2 is 1.22 bits per heavy atom. The third-order valence-corrected chi connectivity index (χ3v) is 4.58. The van der Waals surface area contributed by atoms with Gasteiger partial charge in [0.05, 0.1) is 46.0 Å². The Hall–Kier alpha value is -3.71. The monoisotopic (exact) mass is 511 g/mol. The number of rotatable bonds is 16. The molecule has 1 amide bonds. The molecule has 13 heteroatoms. The van der Waals surface area contributed by atoms with Gasteiger partial charge in [0.25, 0.3) is 0 Å². The van der Waals surface area contributed by atoms with Gasteiger partial charge in [-0.1, -0.05) is 0 Å². The standard InChI is InChI=1S/C23H33N3O10/c1-4-34-20(29)13-25(9-10-26(14-21(30)35-5-2)15-22(31)36-6-3)12-19(28)24-16-7-8-18(27)17(11-16)23(32)33/h7-8,11,27H,4-6,9-10,12-15H2,1-3H3,(H,24,28)(H,32,33). The molecule has 0 fully saturated rings. The van der Waals surface area contributed by atoms with Crippen molar-refractivity contribution in [2.24, 2.45) is 0 Å². The lowest BCUT2D eigenvalue weighted by atomic mass is 10.2. The lowest BCUT2D eigenvalue weighted by molar-refractivity contribution is -0.149. The maximum Gasteiger partial charge on any atom is 0.339 e. The number of nitrogens with one attached hydrogen (secondary N) is 1. The van der Waals surface area contributed by atoms with Gasteiger partial charge in [0.2, 0.25) is 5.91 Å². The summed E-state index contributed by atoms with van der Waals surface area (Å²) in [6.07, 6.45) is 0. The number of carboxylic acids is 1. The SMILES string of the molecule is CCOC(=O)CN(CCN(CC(=O)OCC)CC(=O)OCC)CC(=O)Nc1ccc(O)c(C(=O)O)c1. The molecule has 36 heavy (non-hydrogen) atoms. The molecule has 3 N–H and O–H groups in total. The molecule has 1 aromatic carbocycles. The first-order chi connectivity index (χ1) is 17.1. The second-order valence-corrected chi connectivity index (χ2v) is 7.42. The Labute approximate surface area is 208 Å². The normalized spacial score (nSPS) is 10.7. The first kappa shape index (κ1) is 30.3. The summed E-state index contributed by atoms with van der Waals surface area (Å²) >= 11 is 0. The van der Waals surface area contributed by atoms with Crippen LogP contribution in [-0.4, -0.2) is 109 Å². The minimum absolute atomic E-state index is 0.0982. The van der Waals surface area contributed by atoms with Crippen LogP contribution in [0, 0.1) is 0 Å². The molecular weight excluding hydrogens is 478 g/mol. The van der Waals surface area contributed by atoms with E-state index in [0.717, 1.165) is 12.1 Å². The Kier molecular flexibility index (Phi) is 13.5. The maximum atomic E-state index is 12.6. The molecule has 0 aliphatic carbocycles. The summed E-state index contributed by atoms with van der Waals surface area (Å²) in [5, 5.41) is 21.3. The predicted molar refractivity (Wildman–Crippen MR) is 126 cm³/mol. The van der Waals surface area contributed by atoms with Crippen LogP contribution < -0.4 is 5.32 Å². The van der Waals surface area contributed by atoms with Crippen LogP contribution in [0.25, 0.3) is 0 Å². The number of carboxylic acid groups (broad SMARTS) is 1. The number of aromatic hydroxyl groups is 1. The molecule has 0 atom stereocenters. The molecule has 0 heterocycles. The number of aromatic carboxylic acids is 1. The molecule has 200 valence electrons. The molecule has 0 aliphatic rings. The summed E-state index contributed by atoms with van der Waals surface area (Å²) in [6, 6.07) is 3.57. The average Bonchev–Trinajstić information content (AvgIpc) is 2.78. The highest BCUT2D eigenvalue weighted by Crippen LogP contribution is 2.21. The number of carbonyl (C=O) groups is 5. The number of hydrogen-bond donors (Lipinski definition) is 3. The minimum Gasteiger partial charge on any atom is -0.507 e. The Morgan fingerprint density at radius 3 is 1.64 bits per heavy atom. The van der Waals surface area contributed by atoms with Gasteiger partial charge in [-0.3, -0.25) is 29.0 Å². The molecule has 13 nitrogen and oxygen atoms in total. The second-order valence-electron chi connectivity index (χ2n) is 7.42. The molecule has 0 aliphatic heterocycles. The summed E-state index contributed by atoms with van der Waals surface area (Å²) in [4.78, 5) is 62.7. The van der Waals surface area contributed by atoms with Gasteiger partial charge in [0.15, 0.2) is 0 Å². The van der Waals surface area contributed by atoms with Gasteiger partial charge in [0, 0.05) is 18.8 Å². The van der Waals surface area contributed by atoms with E-state index in [1.807, 2.05) is 0 Å². The van der Waals surface area contributed by atoms with Crippen molar-refractivity contribution >= 4 is 35.5 Å². The number of benzene rings is 1. The van der Waals surface area contributed by atoms with Gasteiger partial charge >= 0.3 is 23.9 Å². The van der Waals surface area contributed by atoms with E-state index >= 15 is 0 Å². The zero-order valence-electron chi connectivity index (χ0n) is 20.7. The Balaban J connectivity index is 2.92. The fourth-order valence-corrected chi connectivity index (χ4v) is 3.07. The number of ether oxygens (including phenoxy) is 3. The van der Waals surface area contributed by atoms with Crippen molar-refractivity contribution < 1.29 is 48.4 Å². The highest BCUT2D eigenvalue weighted by Gasteiger charge is 2.21. The van der Waals surface area contributed by atoms with Gasteiger partial charge in [-0.15, -0.1) is 0 Å². The van der Waals surface area contributed by atoms with Crippen LogP contribution in [-0.2, 0) is 33.4 Å². The van der Waals surface area contributed by atoms with E-state index in [-0.39, 0.29) is 70.3 Å². The smallest absolute Gasteiger partial charge is 0.339 e. The number of nitrogens with zero attached hydrogens (tertiary/aromatic N) is 2. The second kappa shape index (κ2) is 16.1. The number of hydrogen-bond acceptors (Lipinski definition) is 11. The summed E-state index contributed by atoms with van der Waals surface area (Å²) in [6.45, 7) is 4.72. The van der Waals surface area contributed by atoms with Gasteiger partial charge in [-0.05, 0) is 39.0 Å². The molecule has 0 unspecified atom stereocenters. The van der Waals surface area contributed by atoms with E-state index in [1.54, 1.807) is 20.8 Å². The molecule has 0 radical (unpaired) electrons. The molecule has 0 saturated heterocycles. The summed E-state index contributed by atoms with van der Waals surface area (Å²) in [5.41, 5.74) is -0.248. The lowest BCUT2D eigenvalue weighted by Gasteiger charge is -2.25. The van der Waals surface area contributed by atoms with Crippen molar-refractivity contribution in [3.63, 3.8) is 0 Å².